The van der Waals surface area contributed by atoms with E-state index in [1.807, 2.05) is 12.1 Å². The molecule has 0 fully saturated rings. The van der Waals surface area contributed by atoms with E-state index in [4.69, 9.17) is 5.84 Å². The van der Waals surface area contributed by atoms with Crippen LogP contribution in [0.5, 0.6) is 0 Å². The van der Waals surface area contributed by atoms with Crippen LogP contribution in [0.2, 0.25) is 0 Å². The molecule has 6 aromatic rings. The number of nitrogens with one attached hydrogen (secondary N) is 1. The van der Waals surface area contributed by atoms with E-state index < -0.39 is 0 Å². The highest BCUT2D eigenvalue weighted by Gasteiger charge is 2.19. The van der Waals surface area contributed by atoms with Gasteiger partial charge in [0.1, 0.15) is 0 Å². The number of nitrogen functional groups attached to an aromatic ring is 1. The molecular weight excluding hydrogens is 464 g/mol. The van der Waals surface area contributed by atoms with Crippen LogP contribution < -0.4 is 26.7 Å². The Kier molecular flexibility index (Phi) is 5.13. The van der Waals surface area contributed by atoms with Crippen LogP contribution in [-0.4, -0.2) is 4.57 Å². The van der Waals surface area contributed by atoms with Crippen molar-refractivity contribution in [2.24, 2.45) is 5.84 Å². The maximum Gasteiger partial charge on any atom is 0.0707 e. The van der Waals surface area contributed by atoms with Gasteiger partial charge in [-0.05, 0) is 48.0 Å². The maximum absolute atomic E-state index is 5.88. The number of benzene rings is 5. The minimum Gasteiger partial charge on any atom is -0.324 e. The molecule has 0 amide bonds. The number of aromatic nitrogens is 1. The lowest BCUT2D eigenvalue weighted by molar-refractivity contribution is 1.07. The molecule has 0 unspecified atom stereocenters. The Morgan fingerprint density at radius 3 is 2.13 bits per heavy atom. The second-order valence-electron chi connectivity index (χ2n) is 9.50. The number of nitrogens with zero attached hydrogens (tertiary/aromatic N) is 2. The zero-order chi connectivity index (χ0) is 25.6. The van der Waals surface area contributed by atoms with E-state index in [0.29, 0.717) is 0 Å². The van der Waals surface area contributed by atoms with E-state index in [1.54, 1.807) is 0 Å². The minimum atomic E-state index is 0.896. The largest absolute Gasteiger partial charge is 0.324 e. The SMILES string of the molecule is C=C1/C=c2\c(n(-c3ccc(NN)c4ccccc34)c3ccccc23)=C/N(c2ccccc2)c2ccccc21. The van der Waals surface area contributed by atoms with Crippen LogP contribution in [0, 0.1) is 0 Å². The summed E-state index contributed by atoms with van der Waals surface area (Å²) in [5.41, 5.74) is 10.3. The summed E-state index contributed by atoms with van der Waals surface area (Å²) < 4.78 is 2.36. The Morgan fingerprint density at radius 2 is 1.32 bits per heavy atom. The highest BCUT2D eigenvalue weighted by Crippen LogP contribution is 2.35. The number of hydrogen-bond donors (Lipinski definition) is 2. The van der Waals surface area contributed by atoms with Gasteiger partial charge in [0, 0.05) is 38.8 Å². The van der Waals surface area contributed by atoms with Crippen molar-refractivity contribution in [3.05, 3.63) is 138 Å². The average Bonchev–Trinajstić information content (AvgIpc) is 3.27. The molecule has 4 nitrogen and oxygen atoms in total. The summed E-state index contributed by atoms with van der Waals surface area (Å²) in [5, 5.41) is 5.60. The van der Waals surface area contributed by atoms with E-state index in [1.165, 1.54) is 5.39 Å². The van der Waals surface area contributed by atoms with Gasteiger partial charge in [0.15, 0.2) is 0 Å². The predicted octanol–water partition coefficient (Wildman–Crippen LogP) is 6.45. The molecule has 5 aromatic carbocycles. The van der Waals surface area contributed by atoms with Crippen molar-refractivity contribution in [1.29, 1.82) is 0 Å². The summed E-state index contributed by atoms with van der Waals surface area (Å²) >= 11 is 0. The summed E-state index contributed by atoms with van der Waals surface area (Å²) in [5.74, 6) is 5.88. The molecule has 0 radical (unpaired) electrons. The van der Waals surface area contributed by atoms with E-state index in [-0.39, 0.29) is 0 Å². The number of para-hydroxylation sites is 3. The quantitative estimate of drug-likeness (QED) is 0.221. The molecule has 0 saturated heterocycles. The van der Waals surface area contributed by atoms with Crippen LogP contribution in [0.1, 0.15) is 5.56 Å². The normalized spacial score (nSPS) is 14.6. The van der Waals surface area contributed by atoms with Crippen molar-refractivity contribution in [1.82, 2.24) is 4.57 Å². The van der Waals surface area contributed by atoms with Crippen molar-refractivity contribution >= 4 is 56.6 Å². The fourth-order valence-corrected chi connectivity index (χ4v) is 5.63. The summed E-state index contributed by atoms with van der Waals surface area (Å²) in [6, 6.07) is 40.1. The van der Waals surface area contributed by atoms with Crippen molar-refractivity contribution in [2.75, 3.05) is 10.3 Å². The molecule has 38 heavy (non-hydrogen) atoms. The van der Waals surface area contributed by atoms with Gasteiger partial charge in [-0.1, -0.05) is 85.4 Å². The number of allylic oxidation sites excluding steroid dienone is 1. The molecule has 7 rings (SSSR count). The first-order valence-electron chi connectivity index (χ1n) is 12.7. The number of rotatable bonds is 3. The molecule has 0 spiro atoms. The molecule has 1 aromatic heterocycles. The van der Waals surface area contributed by atoms with Gasteiger partial charge in [-0.3, -0.25) is 5.84 Å². The van der Waals surface area contributed by atoms with Crippen molar-refractivity contribution in [3.8, 4) is 5.69 Å². The minimum absolute atomic E-state index is 0.896. The van der Waals surface area contributed by atoms with Crippen molar-refractivity contribution in [3.63, 3.8) is 0 Å². The third kappa shape index (κ3) is 3.35. The third-order valence-corrected chi connectivity index (χ3v) is 7.36. The zero-order valence-corrected chi connectivity index (χ0v) is 20.8. The third-order valence-electron chi connectivity index (χ3n) is 7.36. The lowest BCUT2D eigenvalue weighted by Gasteiger charge is -2.25. The molecule has 1 aliphatic rings. The average molecular weight is 491 g/mol. The maximum atomic E-state index is 5.88. The second kappa shape index (κ2) is 8.80. The van der Waals surface area contributed by atoms with E-state index in [0.717, 1.165) is 60.7 Å². The first-order valence-corrected chi connectivity index (χ1v) is 12.7. The van der Waals surface area contributed by atoms with Crippen LogP contribution in [0.25, 0.3) is 45.2 Å². The number of hydrazine groups is 1. The molecule has 0 bridgehead atoms. The van der Waals surface area contributed by atoms with Gasteiger partial charge in [0.2, 0.25) is 0 Å². The van der Waals surface area contributed by atoms with Gasteiger partial charge < -0.3 is 14.9 Å². The molecule has 0 atom stereocenters. The van der Waals surface area contributed by atoms with Gasteiger partial charge in [-0.25, -0.2) is 0 Å². The summed E-state index contributed by atoms with van der Waals surface area (Å²) in [6.07, 6.45) is 4.49. The summed E-state index contributed by atoms with van der Waals surface area (Å²) in [7, 11) is 0. The number of nitrogens with two attached hydrogens (primary N) is 1. The second-order valence-corrected chi connectivity index (χ2v) is 9.50. The van der Waals surface area contributed by atoms with E-state index >= 15 is 0 Å². The van der Waals surface area contributed by atoms with Crippen LogP contribution in [-0.2, 0) is 0 Å². The summed E-state index contributed by atoms with van der Waals surface area (Å²) in [6.45, 7) is 4.52. The fourth-order valence-electron chi connectivity index (χ4n) is 5.63. The Morgan fingerprint density at radius 1 is 0.632 bits per heavy atom. The van der Waals surface area contributed by atoms with Gasteiger partial charge >= 0.3 is 0 Å². The van der Waals surface area contributed by atoms with Crippen LogP contribution in [0.15, 0.2) is 122 Å². The molecular formula is C34H26N4. The topological polar surface area (TPSA) is 46.2 Å². The molecule has 2 heterocycles. The highest BCUT2D eigenvalue weighted by atomic mass is 15.2. The monoisotopic (exact) mass is 490 g/mol. The smallest absolute Gasteiger partial charge is 0.0707 e. The van der Waals surface area contributed by atoms with Crippen LogP contribution >= 0.6 is 0 Å². The molecule has 3 N–H and O–H groups in total. The van der Waals surface area contributed by atoms with Gasteiger partial charge in [0.25, 0.3) is 0 Å². The molecule has 4 heteroatoms. The van der Waals surface area contributed by atoms with E-state index in [9.17, 15) is 0 Å². The van der Waals surface area contributed by atoms with Crippen molar-refractivity contribution < 1.29 is 0 Å². The van der Waals surface area contributed by atoms with Crippen LogP contribution in [0.4, 0.5) is 17.1 Å². The number of fused-ring (bicyclic) bond motifs is 5. The Balaban J connectivity index is 1.67. The fraction of sp³-hybridized carbons (Fsp3) is 0. The van der Waals surface area contributed by atoms with Gasteiger partial charge in [-0.15, -0.1) is 0 Å². The molecule has 0 saturated carbocycles. The van der Waals surface area contributed by atoms with Gasteiger partial charge in [0.05, 0.1) is 27.9 Å². The molecule has 182 valence electrons. The lowest BCUT2D eigenvalue weighted by atomic mass is 10.0. The molecule has 0 aliphatic carbocycles. The van der Waals surface area contributed by atoms with Crippen LogP contribution in [0.3, 0.4) is 0 Å². The first-order chi connectivity index (χ1) is 18.7. The number of anilines is 3. The zero-order valence-electron chi connectivity index (χ0n) is 20.8. The Hall–Kier alpha value is -5.06. The Labute approximate surface area is 220 Å². The summed E-state index contributed by atoms with van der Waals surface area (Å²) in [4.78, 5) is 2.28. The van der Waals surface area contributed by atoms with Gasteiger partial charge in [-0.2, -0.15) is 0 Å². The highest BCUT2D eigenvalue weighted by molar-refractivity contribution is 6.02. The predicted molar refractivity (Wildman–Crippen MR) is 161 cm³/mol. The number of hydrogen-bond acceptors (Lipinski definition) is 3. The van der Waals surface area contributed by atoms with E-state index in [2.05, 4.69) is 137 Å². The first kappa shape index (κ1) is 22.2. The lowest BCUT2D eigenvalue weighted by Crippen LogP contribution is -2.33. The standard InChI is InChI=1S/C34H26N4/c1-23-21-29-28-16-8-10-18-32(28)38(33-20-19-30(36-35)26-14-5-6-15-27(26)33)34(29)22-37(24-11-3-2-4-12-24)31-17-9-7-13-25(23)31/h2-22,36H,1,35H2/b29-21-,34-22+. The molecule has 1 aliphatic heterocycles. The van der Waals surface area contributed by atoms with Crippen molar-refractivity contribution in [2.45, 2.75) is 0 Å². The Bertz CT molecular complexity index is 1980.